The van der Waals surface area contributed by atoms with Crippen molar-refractivity contribution in [3.63, 3.8) is 0 Å². The molecule has 1 aliphatic rings. The van der Waals surface area contributed by atoms with Crippen LogP contribution in [0.1, 0.15) is 20.3 Å². The Kier molecular flexibility index (Phi) is 5.38. The van der Waals surface area contributed by atoms with Crippen molar-refractivity contribution in [2.24, 2.45) is 5.41 Å². The number of alkyl halides is 3. The van der Waals surface area contributed by atoms with Crippen LogP contribution in [0.15, 0.2) is 0 Å². The molecule has 0 spiro atoms. The average molecular weight is 295 g/mol. The van der Waals surface area contributed by atoms with Gasteiger partial charge in [0.15, 0.2) is 5.41 Å². The maximum absolute atomic E-state index is 13.1. The van der Waals surface area contributed by atoms with E-state index in [1.807, 2.05) is 0 Å². The molecule has 8 heteroatoms. The fraction of sp³-hybridized carbons (Fsp3) is 0.833. The van der Waals surface area contributed by atoms with Gasteiger partial charge in [0.25, 0.3) is 0 Å². The Labute approximate surface area is 115 Å². The van der Waals surface area contributed by atoms with Crippen LogP contribution in [0.2, 0.25) is 0 Å². The molecule has 0 bridgehead atoms. The topological polar surface area (TPSA) is 61.4 Å². The van der Waals surface area contributed by atoms with Gasteiger partial charge in [-0.05, 0) is 26.8 Å². The van der Waals surface area contributed by atoms with Crippen LogP contribution in [0.25, 0.3) is 0 Å². The molecule has 2 amide bonds. The number of amides is 2. The van der Waals surface area contributed by atoms with Gasteiger partial charge in [-0.3, -0.25) is 9.59 Å². The van der Waals surface area contributed by atoms with Crippen molar-refractivity contribution >= 4 is 11.8 Å². The molecule has 0 saturated carbocycles. The second-order valence-corrected chi connectivity index (χ2v) is 4.76. The van der Waals surface area contributed by atoms with E-state index in [9.17, 15) is 22.8 Å². The van der Waals surface area contributed by atoms with Crippen LogP contribution in [0, 0.1) is 5.41 Å². The molecule has 2 N–H and O–H groups in total. The summed E-state index contributed by atoms with van der Waals surface area (Å²) in [7, 11) is 0. The van der Waals surface area contributed by atoms with Crippen LogP contribution < -0.4 is 10.6 Å². The third kappa shape index (κ3) is 3.23. The minimum Gasteiger partial charge on any atom is -0.346 e. The van der Waals surface area contributed by atoms with Crippen LogP contribution in [0.4, 0.5) is 13.2 Å². The Hall–Kier alpha value is -1.31. The molecule has 116 valence electrons. The van der Waals surface area contributed by atoms with E-state index in [1.54, 1.807) is 13.8 Å². The number of nitrogens with zero attached hydrogens (tertiary/aromatic N) is 1. The molecule has 1 aliphatic heterocycles. The summed E-state index contributed by atoms with van der Waals surface area (Å²) in [6, 6.07) is 0. The summed E-state index contributed by atoms with van der Waals surface area (Å²) in [4.78, 5) is 25.0. The van der Waals surface area contributed by atoms with E-state index in [2.05, 4.69) is 10.6 Å². The molecule has 0 aromatic heterocycles. The van der Waals surface area contributed by atoms with Crippen molar-refractivity contribution in [2.45, 2.75) is 26.4 Å². The second kappa shape index (κ2) is 6.43. The highest BCUT2D eigenvalue weighted by Gasteiger charge is 2.61. The Morgan fingerprint density at radius 2 is 1.90 bits per heavy atom. The standard InChI is InChI=1S/C12H20F3N3O2/c1-3-18(4-2)9(19)7-17-10(20)11(12(13,14)15)5-6-16-8-11/h16H,3-8H2,1-2H3,(H,17,20). The van der Waals surface area contributed by atoms with Gasteiger partial charge in [0.05, 0.1) is 6.54 Å². The van der Waals surface area contributed by atoms with Gasteiger partial charge in [0.1, 0.15) is 0 Å². The molecule has 5 nitrogen and oxygen atoms in total. The first-order valence-electron chi connectivity index (χ1n) is 6.62. The molecule has 0 aliphatic carbocycles. The van der Waals surface area contributed by atoms with Gasteiger partial charge in [-0.1, -0.05) is 0 Å². The maximum Gasteiger partial charge on any atom is 0.404 e. The average Bonchev–Trinajstić information content (AvgIpc) is 2.87. The SMILES string of the molecule is CCN(CC)C(=O)CNC(=O)C1(C(F)(F)F)CCNC1. The van der Waals surface area contributed by atoms with E-state index < -0.39 is 30.6 Å². The monoisotopic (exact) mass is 295 g/mol. The molecule has 0 radical (unpaired) electrons. The van der Waals surface area contributed by atoms with Gasteiger partial charge in [-0.25, -0.2) is 0 Å². The molecule has 1 unspecified atom stereocenters. The molecular weight excluding hydrogens is 275 g/mol. The van der Waals surface area contributed by atoms with E-state index in [4.69, 9.17) is 0 Å². The van der Waals surface area contributed by atoms with Crippen molar-refractivity contribution in [2.75, 3.05) is 32.7 Å². The van der Waals surface area contributed by atoms with E-state index >= 15 is 0 Å². The van der Waals surface area contributed by atoms with E-state index in [0.717, 1.165) is 0 Å². The largest absolute Gasteiger partial charge is 0.404 e. The van der Waals surface area contributed by atoms with Crippen LogP contribution in [-0.2, 0) is 9.59 Å². The lowest BCUT2D eigenvalue weighted by Gasteiger charge is -2.29. The van der Waals surface area contributed by atoms with Gasteiger partial charge in [-0.2, -0.15) is 13.2 Å². The Morgan fingerprint density at radius 3 is 2.30 bits per heavy atom. The molecule has 1 fully saturated rings. The highest BCUT2D eigenvalue weighted by molar-refractivity contribution is 5.88. The quantitative estimate of drug-likeness (QED) is 0.777. The van der Waals surface area contributed by atoms with Crippen molar-refractivity contribution in [3.8, 4) is 0 Å². The van der Waals surface area contributed by atoms with Gasteiger partial charge < -0.3 is 15.5 Å². The lowest BCUT2D eigenvalue weighted by molar-refractivity contribution is -0.216. The van der Waals surface area contributed by atoms with Crippen molar-refractivity contribution in [1.82, 2.24) is 15.5 Å². The van der Waals surface area contributed by atoms with E-state index in [-0.39, 0.29) is 18.9 Å². The number of carbonyl (C=O) groups excluding carboxylic acids is 2. The number of hydrogen-bond donors (Lipinski definition) is 2. The maximum atomic E-state index is 13.1. The summed E-state index contributed by atoms with van der Waals surface area (Å²) < 4.78 is 39.3. The lowest BCUT2D eigenvalue weighted by atomic mass is 9.85. The highest BCUT2D eigenvalue weighted by Crippen LogP contribution is 2.43. The molecule has 1 rings (SSSR count). The Morgan fingerprint density at radius 1 is 1.30 bits per heavy atom. The van der Waals surface area contributed by atoms with Crippen LogP contribution in [0.5, 0.6) is 0 Å². The molecule has 0 aromatic rings. The normalized spacial score (nSPS) is 22.6. The van der Waals surface area contributed by atoms with Gasteiger partial charge in [0, 0.05) is 19.6 Å². The zero-order valence-electron chi connectivity index (χ0n) is 11.6. The molecule has 1 atom stereocenters. The molecular formula is C12H20F3N3O2. The smallest absolute Gasteiger partial charge is 0.346 e. The number of halogens is 3. The van der Waals surface area contributed by atoms with Crippen molar-refractivity contribution in [3.05, 3.63) is 0 Å². The zero-order valence-corrected chi connectivity index (χ0v) is 11.6. The molecule has 1 saturated heterocycles. The predicted molar refractivity (Wildman–Crippen MR) is 66.9 cm³/mol. The van der Waals surface area contributed by atoms with Crippen LogP contribution in [0.3, 0.4) is 0 Å². The number of carbonyl (C=O) groups is 2. The van der Waals surface area contributed by atoms with Crippen molar-refractivity contribution in [1.29, 1.82) is 0 Å². The van der Waals surface area contributed by atoms with Gasteiger partial charge in [-0.15, -0.1) is 0 Å². The van der Waals surface area contributed by atoms with E-state index in [0.29, 0.717) is 13.1 Å². The van der Waals surface area contributed by atoms with Crippen LogP contribution in [-0.4, -0.2) is 55.6 Å². The number of likely N-dealkylation sites (N-methyl/N-ethyl adjacent to an activating group) is 1. The Balaban J connectivity index is 2.68. The summed E-state index contributed by atoms with van der Waals surface area (Å²) in [5.74, 6) is -1.51. The summed E-state index contributed by atoms with van der Waals surface area (Å²) in [5, 5.41) is 4.69. The predicted octanol–water partition coefficient (Wildman–Crippen LogP) is 0.513. The number of rotatable bonds is 5. The van der Waals surface area contributed by atoms with Gasteiger partial charge in [0.2, 0.25) is 11.8 Å². The van der Waals surface area contributed by atoms with Gasteiger partial charge >= 0.3 is 6.18 Å². The lowest BCUT2D eigenvalue weighted by Crippen LogP contribution is -2.54. The number of hydrogen-bond acceptors (Lipinski definition) is 3. The first-order valence-corrected chi connectivity index (χ1v) is 6.62. The Bertz CT molecular complexity index is 361. The number of nitrogens with one attached hydrogen (secondary N) is 2. The zero-order chi connectivity index (χ0) is 15.4. The first-order chi connectivity index (χ1) is 9.28. The fourth-order valence-electron chi connectivity index (χ4n) is 2.27. The summed E-state index contributed by atoms with van der Waals surface area (Å²) >= 11 is 0. The fourth-order valence-corrected chi connectivity index (χ4v) is 2.27. The molecule has 20 heavy (non-hydrogen) atoms. The second-order valence-electron chi connectivity index (χ2n) is 4.76. The third-order valence-electron chi connectivity index (χ3n) is 3.65. The highest BCUT2D eigenvalue weighted by atomic mass is 19.4. The first kappa shape index (κ1) is 16.7. The summed E-state index contributed by atoms with van der Waals surface area (Å²) in [5.41, 5.74) is -2.42. The molecule has 1 heterocycles. The minimum absolute atomic E-state index is 0.136. The molecule has 0 aromatic carbocycles. The van der Waals surface area contributed by atoms with Crippen molar-refractivity contribution < 1.29 is 22.8 Å². The minimum atomic E-state index is -4.63. The summed E-state index contributed by atoms with van der Waals surface area (Å²) in [6.07, 6.45) is -4.93. The summed E-state index contributed by atoms with van der Waals surface area (Å²) in [6.45, 7) is 3.73. The third-order valence-corrected chi connectivity index (χ3v) is 3.65. The van der Waals surface area contributed by atoms with Crippen LogP contribution >= 0.6 is 0 Å². The van der Waals surface area contributed by atoms with E-state index in [1.165, 1.54) is 4.90 Å².